The lowest BCUT2D eigenvalue weighted by atomic mass is 9.49. The van der Waals surface area contributed by atoms with Crippen molar-refractivity contribution in [2.24, 2.45) is 23.2 Å². The van der Waals surface area contributed by atoms with Crippen LogP contribution in [-0.4, -0.2) is 35.0 Å². The summed E-state index contributed by atoms with van der Waals surface area (Å²) in [4.78, 5) is 19.3. The number of likely N-dealkylation sites (tertiary alicyclic amines) is 1. The van der Waals surface area contributed by atoms with E-state index < -0.39 is 0 Å². The third kappa shape index (κ3) is 2.42. The first kappa shape index (κ1) is 15.2. The maximum absolute atomic E-state index is 13.2. The van der Waals surface area contributed by atoms with Gasteiger partial charge in [-0.25, -0.2) is 4.98 Å². The van der Waals surface area contributed by atoms with E-state index in [2.05, 4.69) is 11.1 Å². The number of carbonyl (C=O) groups is 1. The molecular formula is C20H23N3O2. The molecule has 0 atom stereocenters. The normalized spacial score (nSPS) is 36.0. The number of hydrogen-bond acceptors (Lipinski definition) is 4. The number of aromatic nitrogens is 1. The molecule has 0 spiro atoms. The molecule has 0 radical (unpaired) electrons. The van der Waals surface area contributed by atoms with Crippen LogP contribution < -0.4 is 4.74 Å². The van der Waals surface area contributed by atoms with Crippen LogP contribution in [0.5, 0.6) is 5.88 Å². The lowest BCUT2D eigenvalue weighted by molar-refractivity contribution is -0.166. The summed E-state index contributed by atoms with van der Waals surface area (Å²) in [6.07, 6.45) is 8.99. The average molecular weight is 337 g/mol. The number of amides is 1. The Morgan fingerprint density at radius 2 is 1.84 bits per heavy atom. The van der Waals surface area contributed by atoms with E-state index >= 15 is 0 Å². The van der Waals surface area contributed by atoms with Gasteiger partial charge in [0, 0.05) is 6.20 Å². The van der Waals surface area contributed by atoms with Gasteiger partial charge in [0.05, 0.1) is 18.5 Å². The fraction of sp³-hybridized carbons (Fsp3) is 0.650. The Morgan fingerprint density at radius 1 is 1.20 bits per heavy atom. The molecule has 5 nitrogen and oxygen atoms in total. The molecule has 130 valence electrons. The molecule has 5 fully saturated rings. The van der Waals surface area contributed by atoms with E-state index in [0.29, 0.717) is 30.4 Å². The van der Waals surface area contributed by atoms with Crippen molar-refractivity contribution in [3.63, 3.8) is 0 Å². The van der Waals surface area contributed by atoms with Crippen molar-refractivity contribution in [2.45, 2.75) is 44.6 Å². The number of nitriles is 1. The number of hydrogen-bond donors (Lipinski definition) is 0. The topological polar surface area (TPSA) is 66.2 Å². The van der Waals surface area contributed by atoms with Gasteiger partial charge in [-0.15, -0.1) is 0 Å². The van der Waals surface area contributed by atoms with Crippen molar-refractivity contribution in [2.75, 3.05) is 13.1 Å². The summed E-state index contributed by atoms with van der Waals surface area (Å²) in [5.74, 6) is 3.12. The SMILES string of the molecule is N#Cc1cccnc1OC1CN(C(=O)C23CC4CC(CC(C4)C2)C3)C1. The molecule has 4 saturated carbocycles. The van der Waals surface area contributed by atoms with Gasteiger partial charge >= 0.3 is 0 Å². The number of ether oxygens (including phenoxy) is 1. The quantitative estimate of drug-likeness (QED) is 0.850. The van der Waals surface area contributed by atoms with Crippen molar-refractivity contribution in [1.82, 2.24) is 9.88 Å². The molecule has 1 amide bonds. The molecule has 1 aromatic heterocycles. The van der Waals surface area contributed by atoms with Gasteiger partial charge in [-0.3, -0.25) is 4.79 Å². The maximum Gasteiger partial charge on any atom is 0.232 e. The summed E-state index contributed by atoms with van der Waals surface area (Å²) in [6.45, 7) is 1.25. The smallest absolute Gasteiger partial charge is 0.232 e. The van der Waals surface area contributed by atoms with Gasteiger partial charge in [-0.2, -0.15) is 5.26 Å². The summed E-state index contributed by atoms with van der Waals surface area (Å²) in [6, 6.07) is 5.54. The zero-order chi connectivity index (χ0) is 17.0. The van der Waals surface area contributed by atoms with Crippen LogP contribution in [0.15, 0.2) is 18.3 Å². The van der Waals surface area contributed by atoms with Crippen molar-refractivity contribution >= 4 is 5.91 Å². The fourth-order valence-corrected chi connectivity index (χ4v) is 6.11. The third-order valence-electron chi connectivity index (χ3n) is 6.80. The van der Waals surface area contributed by atoms with Crippen LogP contribution in [0.1, 0.15) is 44.1 Å². The van der Waals surface area contributed by atoms with Crippen LogP contribution in [0, 0.1) is 34.5 Å². The molecule has 25 heavy (non-hydrogen) atoms. The molecule has 4 aliphatic carbocycles. The Kier molecular flexibility index (Phi) is 3.31. The lowest BCUT2D eigenvalue weighted by Gasteiger charge is -2.57. The van der Waals surface area contributed by atoms with Crippen molar-refractivity contribution in [3.05, 3.63) is 23.9 Å². The van der Waals surface area contributed by atoms with E-state index in [1.807, 2.05) is 4.90 Å². The van der Waals surface area contributed by atoms with Crippen LogP contribution in [0.4, 0.5) is 0 Å². The first-order valence-corrected chi connectivity index (χ1v) is 9.46. The van der Waals surface area contributed by atoms with Crippen LogP contribution in [0.3, 0.4) is 0 Å². The second-order valence-electron chi connectivity index (χ2n) is 8.62. The number of carbonyl (C=O) groups excluding carboxylic acids is 1. The van der Waals surface area contributed by atoms with Gasteiger partial charge in [0.2, 0.25) is 11.8 Å². The average Bonchev–Trinajstić information content (AvgIpc) is 2.56. The molecule has 0 N–H and O–H groups in total. The summed E-state index contributed by atoms with van der Waals surface area (Å²) in [5, 5.41) is 9.12. The molecule has 5 heteroatoms. The summed E-state index contributed by atoms with van der Waals surface area (Å²) < 4.78 is 5.84. The second-order valence-corrected chi connectivity index (χ2v) is 8.62. The highest BCUT2D eigenvalue weighted by Gasteiger charge is 2.56. The highest BCUT2D eigenvalue weighted by molar-refractivity contribution is 5.84. The van der Waals surface area contributed by atoms with E-state index in [1.165, 1.54) is 19.3 Å². The van der Waals surface area contributed by atoms with Gasteiger partial charge in [-0.05, 0) is 68.4 Å². The largest absolute Gasteiger partial charge is 0.470 e. The van der Waals surface area contributed by atoms with Crippen LogP contribution >= 0.6 is 0 Å². The Labute approximate surface area is 148 Å². The van der Waals surface area contributed by atoms with E-state index in [1.54, 1.807) is 18.3 Å². The van der Waals surface area contributed by atoms with E-state index in [0.717, 1.165) is 37.0 Å². The minimum absolute atomic E-state index is 0.0418. The fourth-order valence-electron chi connectivity index (χ4n) is 6.11. The molecule has 0 aromatic carbocycles. The van der Waals surface area contributed by atoms with Gasteiger partial charge in [0.15, 0.2) is 0 Å². The minimum atomic E-state index is -0.0669. The van der Waals surface area contributed by atoms with Gasteiger partial charge in [0.25, 0.3) is 0 Å². The maximum atomic E-state index is 13.2. The number of pyridine rings is 1. The molecule has 1 aliphatic heterocycles. The molecule has 1 aromatic rings. The number of rotatable bonds is 3. The Bertz CT molecular complexity index is 712. The Morgan fingerprint density at radius 3 is 2.44 bits per heavy atom. The molecule has 4 bridgehead atoms. The molecule has 1 saturated heterocycles. The molecule has 5 aliphatic rings. The number of nitrogens with zero attached hydrogens (tertiary/aromatic N) is 3. The zero-order valence-corrected chi connectivity index (χ0v) is 14.4. The molecule has 2 heterocycles. The van der Waals surface area contributed by atoms with Crippen molar-refractivity contribution in [1.29, 1.82) is 5.26 Å². The highest BCUT2D eigenvalue weighted by atomic mass is 16.5. The van der Waals surface area contributed by atoms with Crippen molar-refractivity contribution < 1.29 is 9.53 Å². The van der Waals surface area contributed by atoms with Gasteiger partial charge in [0.1, 0.15) is 17.7 Å². The van der Waals surface area contributed by atoms with Gasteiger partial charge in [-0.1, -0.05) is 0 Å². The summed E-state index contributed by atoms with van der Waals surface area (Å²) in [7, 11) is 0. The highest BCUT2D eigenvalue weighted by Crippen LogP contribution is 2.60. The lowest BCUT2D eigenvalue weighted by Crippen LogP contribution is -2.62. The minimum Gasteiger partial charge on any atom is -0.470 e. The van der Waals surface area contributed by atoms with E-state index in [-0.39, 0.29) is 11.5 Å². The predicted molar refractivity (Wildman–Crippen MR) is 90.6 cm³/mol. The van der Waals surface area contributed by atoms with Crippen molar-refractivity contribution in [3.8, 4) is 11.9 Å². The van der Waals surface area contributed by atoms with E-state index in [4.69, 9.17) is 10.00 Å². The molecular weight excluding hydrogens is 314 g/mol. The summed E-state index contributed by atoms with van der Waals surface area (Å²) in [5.41, 5.74) is 0.385. The monoisotopic (exact) mass is 337 g/mol. The first-order chi connectivity index (χ1) is 12.1. The standard InChI is InChI=1S/C20H23N3O2/c21-10-16-2-1-3-22-18(16)25-17-11-23(12-17)19(24)20-7-13-4-14(8-20)6-15(5-13)9-20/h1-3,13-15,17H,4-9,11-12H2. The Hall–Kier alpha value is -2.09. The predicted octanol–water partition coefficient (Wildman–Crippen LogP) is 2.76. The van der Waals surface area contributed by atoms with Crippen LogP contribution in [0.2, 0.25) is 0 Å². The zero-order valence-electron chi connectivity index (χ0n) is 14.4. The third-order valence-corrected chi connectivity index (χ3v) is 6.80. The van der Waals surface area contributed by atoms with E-state index in [9.17, 15) is 4.79 Å². The van der Waals surface area contributed by atoms with Crippen LogP contribution in [-0.2, 0) is 4.79 Å². The molecule has 0 unspecified atom stereocenters. The van der Waals surface area contributed by atoms with Gasteiger partial charge < -0.3 is 9.64 Å². The van der Waals surface area contributed by atoms with Crippen LogP contribution in [0.25, 0.3) is 0 Å². The molecule has 6 rings (SSSR count). The second kappa shape index (κ2) is 5.45. The first-order valence-electron chi connectivity index (χ1n) is 9.46. The Balaban J connectivity index is 1.24. The summed E-state index contributed by atoms with van der Waals surface area (Å²) >= 11 is 0.